The van der Waals surface area contributed by atoms with E-state index in [-0.39, 0.29) is 22.7 Å². The molecule has 0 N–H and O–H groups in total. The van der Waals surface area contributed by atoms with Gasteiger partial charge in [0.05, 0.1) is 43.3 Å². The Hall–Kier alpha value is -2.20. The van der Waals surface area contributed by atoms with Gasteiger partial charge < -0.3 is 9.16 Å². The Morgan fingerprint density at radius 1 is 1.21 bits per heavy atom. The topological polar surface area (TPSA) is 90.3 Å². The molecule has 2 aromatic heterocycles. The molecule has 0 bridgehead atoms. The first-order chi connectivity index (χ1) is 15.8. The molecule has 0 aliphatic carbocycles. The first kappa shape index (κ1) is 24.9. The zero-order chi connectivity index (χ0) is 24.9. The Bertz CT molecular complexity index is 1140. The number of hydrogen-bond acceptors (Lipinski definition) is 7. The van der Waals surface area contributed by atoms with Gasteiger partial charge in [0.2, 0.25) is 5.91 Å². The summed E-state index contributed by atoms with van der Waals surface area (Å²) in [5.74, 6) is 1.41. The van der Waals surface area contributed by atoms with Crippen LogP contribution in [0.15, 0.2) is 18.5 Å². The number of carbonyl (C=O) groups excluding carboxylic acids is 1. The minimum absolute atomic E-state index is 0.0521. The van der Waals surface area contributed by atoms with E-state index in [0.717, 1.165) is 12.0 Å². The highest BCUT2D eigenvalue weighted by Crippen LogP contribution is 2.47. The summed E-state index contributed by atoms with van der Waals surface area (Å²) in [6.07, 6.45) is 6.06. The van der Waals surface area contributed by atoms with Gasteiger partial charge in [-0.15, -0.1) is 0 Å². The molecule has 2 aromatic rings. The standard InChI is InChI=1S/C24H32ClN5O3Si/c1-23(2,3)34(6,7)33-14-17-28-19(25)18-21(29-17)30(22(31)24(18,4)5)16-12-26-20(27-13-16)15-8-10-32-11-9-15/h8,12-13H,9-11,14H2,1-7H3. The lowest BCUT2D eigenvalue weighted by molar-refractivity contribution is -0.121. The molecule has 0 saturated heterocycles. The molecule has 0 radical (unpaired) electrons. The molecule has 0 spiro atoms. The van der Waals surface area contributed by atoms with Crippen LogP contribution in [0, 0.1) is 0 Å². The largest absolute Gasteiger partial charge is 0.409 e. The monoisotopic (exact) mass is 501 g/mol. The van der Waals surface area contributed by atoms with Crippen LogP contribution in [0.5, 0.6) is 0 Å². The maximum atomic E-state index is 13.5. The van der Waals surface area contributed by atoms with Crippen LogP contribution in [0.25, 0.3) is 5.57 Å². The predicted octanol–water partition coefficient (Wildman–Crippen LogP) is 5.20. The first-order valence-electron chi connectivity index (χ1n) is 11.5. The van der Waals surface area contributed by atoms with E-state index in [4.69, 9.17) is 25.7 Å². The molecule has 4 heterocycles. The summed E-state index contributed by atoms with van der Waals surface area (Å²) in [5, 5.41) is 0.320. The molecule has 4 rings (SSSR count). The number of hydrogen-bond donors (Lipinski definition) is 0. The quantitative estimate of drug-likeness (QED) is 0.410. The molecule has 8 nitrogen and oxygen atoms in total. The highest BCUT2D eigenvalue weighted by molar-refractivity contribution is 6.74. The molecule has 2 aliphatic heterocycles. The molecule has 0 unspecified atom stereocenters. The maximum Gasteiger partial charge on any atom is 0.243 e. The smallest absolute Gasteiger partial charge is 0.243 e. The fourth-order valence-corrected chi connectivity index (χ4v) is 5.09. The van der Waals surface area contributed by atoms with E-state index in [1.54, 1.807) is 17.3 Å². The number of carbonyl (C=O) groups is 1. The Labute approximate surface area is 206 Å². The highest BCUT2D eigenvalue weighted by atomic mass is 35.5. The molecule has 0 fully saturated rings. The van der Waals surface area contributed by atoms with Crippen molar-refractivity contribution in [2.45, 2.75) is 71.2 Å². The molecule has 182 valence electrons. The summed E-state index contributed by atoms with van der Waals surface area (Å²) in [4.78, 5) is 33.3. The molecule has 10 heteroatoms. The van der Waals surface area contributed by atoms with Gasteiger partial charge in [-0.2, -0.15) is 0 Å². The van der Waals surface area contributed by atoms with Crippen molar-refractivity contribution in [1.82, 2.24) is 19.9 Å². The second-order valence-corrected chi connectivity index (χ2v) is 15.9. The van der Waals surface area contributed by atoms with Crippen LogP contribution in [0.4, 0.5) is 11.5 Å². The van der Waals surface area contributed by atoms with Gasteiger partial charge in [-0.25, -0.2) is 19.9 Å². The molecular formula is C24H32ClN5O3Si. The van der Waals surface area contributed by atoms with Gasteiger partial charge in [-0.05, 0) is 44.0 Å². The molecule has 1 amide bonds. The summed E-state index contributed by atoms with van der Waals surface area (Å²) >= 11 is 6.62. The van der Waals surface area contributed by atoms with Gasteiger partial charge >= 0.3 is 0 Å². The van der Waals surface area contributed by atoms with Crippen molar-refractivity contribution in [3.8, 4) is 0 Å². The lowest BCUT2D eigenvalue weighted by Gasteiger charge is -2.35. The molecule has 0 atom stereocenters. The second kappa shape index (κ2) is 8.78. The van der Waals surface area contributed by atoms with Crippen molar-refractivity contribution in [1.29, 1.82) is 0 Å². The average molecular weight is 502 g/mol. The summed E-state index contributed by atoms with van der Waals surface area (Å²) in [5.41, 5.74) is 1.31. The van der Waals surface area contributed by atoms with Gasteiger partial charge in [0.25, 0.3) is 0 Å². The Morgan fingerprint density at radius 3 is 2.47 bits per heavy atom. The number of fused-ring (bicyclic) bond motifs is 1. The van der Waals surface area contributed by atoms with E-state index in [1.165, 1.54) is 0 Å². The van der Waals surface area contributed by atoms with Gasteiger partial charge in [0.15, 0.2) is 20.0 Å². The number of anilines is 2. The SMILES string of the molecule is CC1(C)C(=O)N(c2cnc(C3=CCOCC3)nc2)c2nc(CO[Si](C)(C)C(C)(C)C)nc(Cl)c21. The molecular weight excluding hydrogens is 470 g/mol. The van der Waals surface area contributed by atoms with E-state index in [9.17, 15) is 4.79 Å². The zero-order valence-electron chi connectivity index (χ0n) is 20.9. The summed E-state index contributed by atoms with van der Waals surface area (Å²) < 4.78 is 11.7. The van der Waals surface area contributed by atoms with Crippen LogP contribution in [-0.4, -0.2) is 47.4 Å². The zero-order valence-corrected chi connectivity index (χ0v) is 22.7. The number of nitrogens with zero attached hydrogens (tertiary/aromatic N) is 5. The third-order valence-corrected chi connectivity index (χ3v) is 11.7. The van der Waals surface area contributed by atoms with E-state index in [1.807, 2.05) is 19.9 Å². The fraction of sp³-hybridized carbons (Fsp3) is 0.542. The van der Waals surface area contributed by atoms with Crippen molar-refractivity contribution in [3.05, 3.63) is 40.8 Å². The van der Waals surface area contributed by atoms with Gasteiger partial charge in [-0.1, -0.05) is 38.4 Å². The molecule has 0 aromatic carbocycles. The van der Waals surface area contributed by atoms with Crippen molar-refractivity contribution in [2.75, 3.05) is 18.1 Å². The molecule has 34 heavy (non-hydrogen) atoms. The third kappa shape index (κ3) is 4.42. The number of halogens is 1. The number of rotatable bonds is 5. The second-order valence-electron chi connectivity index (χ2n) is 10.8. The minimum atomic E-state index is -2.01. The van der Waals surface area contributed by atoms with Crippen LogP contribution in [-0.2, 0) is 26.0 Å². The molecule has 2 aliphatic rings. The predicted molar refractivity (Wildman–Crippen MR) is 135 cm³/mol. The van der Waals surface area contributed by atoms with E-state index in [2.05, 4.69) is 48.8 Å². The third-order valence-electron chi connectivity index (χ3n) is 6.98. The lowest BCUT2D eigenvalue weighted by Crippen LogP contribution is -2.40. The van der Waals surface area contributed by atoms with Crippen LogP contribution in [0.3, 0.4) is 0 Å². The van der Waals surface area contributed by atoms with Crippen molar-refractivity contribution in [3.63, 3.8) is 0 Å². The van der Waals surface area contributed by atoms with E-state index < -0.39 is 13.7 Å². The summed E-state index contributed by atoms with van der Waals surface area (Å²) in [6, 6.07) is 0. The lowest BCUT2D eigenvalue weighted by atomic mass is 9.88. The van der Waals surface area contributed by atoms with Gasteiger partial charge in [0, 0.05) is 5.56 Å². The normalized spacial score (nSPS) is 18.2. The van der Waals surface area contributed by atoms with Crippen molar-refractivity contribution in [2.24, 2.45) is 0 Å². The first-order valence-corrected chi connectivity index (χ1v) is 14.8. The Balaban J connectivity index is 1.69. The highest BCUT2D eigenvalue weighted by Gasteiger charge is 2.48. The van der Waals surface area contributed by atoms with Crippen molar-refractivity contribution < 1.29 is 14.0 Å². The van der Waals surface area contributed by atoms with Crippen molar-refractivity contribution >= 4 is 42.9 Å². The molecule has 0 saturated carbocycles. The van der Waals surface area contributed by atoms with Crippen LogP contribution < -0.4 is 4.90 Å². The summed E-state index contributed by atoms with van der Waals surface area (Å²) in [6.45, 7) is 16.0. The van der Waals surface area contributed by atoms with E-state index >= 15 is 0 Å². The Morgan fingerprint density at radius 2 is 1.88 bits per heavy atom. The average Bonchev–Trinajstić information content (AvgIpc) is 2.98. The summed E-state index contributed by atoms with van der Waals surface area (Å²) in [7, 11) is -2.01. The number of aromatic nitrogens is 4. The van der Waals surface area contributed by atoms with Crippen LogP contribution in [0.1, 0.15) is 58.3 Å². The fourth-order valence-electron chi connectivity index (χ4n) is 3.74. The van der Waals surface area contributed by atoms with Gasteiger partial charge in [0.1, 0.15) is 11.0 Å². The minimum Gasteiger partial charge on any atom is -0.409 e. The van der Waals surface area contributed by atoms with Crippen LogP contribution >= 0.6 is 11.6 Å². The van der Waals surface area contributed by atoms with Gasteiger partial charge in [-0.3, -0.25) is 9.69 Å². The number of ether oxygens (including phenoxy) is 1. The Kier molecular flexibility index (Phi) is 6.43. The maximum absolute atomic E-state index is 13.5. The van der Waals surface area contributed by atoms with Crippen LogP contribution in [0.2, 0.25) is 23.3 Å². The number of amides is 1. The van der Waals surface area contributed by atoms with E-state index in [0.29, 0.717) is 41.9 Å².